The highest BCUT2D eigenvalue weighted by Gasteiger charge is 2.20. The first-order valence-electron chi connectivity index (χ1n) is 7.24. The minimum absolute atomic E-state index is 0.0915. The Bertz CT molecular complexity index is 530. The van der Waals surface area contributed by atoms with Crippen LogP contribution in [0.15, 0.2) is 42.7 Å². The smallest absolute Gasteiger partial charge is 0.127 e. The molecule has 0 unspecified atom stereocenters. The van der Waals surface area contributed by atoms with Crippen molar-refractivity contribution in [2.75, 3.05) is 13.1 Å². The summed E-state index contributed by atoms with van der Waals surface area (Å²) in [6, 6.07) is 9.04. The van der Waals surface area contributed by atoms with Gasteiger partial charge in [-0.05, 0) is 44.0 Å². The Kier molecular flexibility index (Phi) is 4.11. The third-order valence-electron chi connectivity index (χ3n) is 4.06. The molecule has 1 aromatic heterocycles. The van der Waals surface area contributed by atoms with Crippen molar-refractivity contribution in [3.8, 4) is 0 Å². The first kappa shape index (κ1) is 13.3. The van der Waals surface area contributed by atoms with E-state index in [4.69, 9.17) is 0 Å². The van der Waals surface area contributed by atoms with E-state index in [1.165, 1.54) is 0 Å². The normalized spacial score (nSPS) is 17.4. The van der Waals surface area contributed by atoms with Gasteiger partial charge in [0.15, 0.2) is 0 Å². The number of piperidine rings is 1. The Balaban J connectivity index is 1.50. The third-order valence-corrected chi connectivity index (χ3v) is 4.06. The van der Waals surface area contributed by atoms with Crippen molar-refractivity contribution in [2.24, 2.45) is 5.92 Å². The van der Waals surface area contributed by atoms with Crippen LogP contribution in [-0.2, 0) is 13.1 Å². The van der Waals surface area contributed by atoms with E-state index in [0.717, 1.165) is 44.6 Å². The maximum absolute atomic E-state index is 13.6. The molecule has 0 atom stereocenters. The summed E-state index contributed by atoms with van der Waals surface area (Å²) in [6.07, 6.45) is 6.17. The molecule has 0 aliphatic carbocycles. The lowest BCUT2D eigenvalue weighted by Gasteiger charge is -2.32. The van der Waals surface area contributed by atoms with Crippen molar-refractivity contribution in [1.29, 1.82) is 0 Å². The van der Waals surface area contributed by atoms with Crippen LogP contribution in [-0.4, -0.2) is 27.8 Å². The van der Waals surface area contributed by atoms with Crippen LogP contribution in [0.25, 0.3) is 0 Å². The molecular weight excluding hydrogens is 253 g/mol. The van der Waals surface area contributed by atoms with E-state index in [1.54, 1.807) is 12.1 Å². The van der Waals surface area contributed by atoms with Gasteiger partial charge in [0.05, 0.1) is 0 Å². The second-order valence-electron chi connectivity index (χ2n) is 5.54. The van der Waals surface area contributed by atoms with Gasteiger partial charge in [-0.3, -0.25) is 9.58 Å². The minimum atomic E-state index is -0.0915. The largest absolute Gasteiger partial charge is 0.299 e. The first-order chi connectivity index (χ1) is 9.81. The fourth-order valence-corrected chi connectivity index (χ4v) is 2.87. The molecule has 2 heterocycles. The van der Waals surface area contributed by atoms with Crippen LogP contribution in [0.5, 0.6) is 0 Å². The van der Waals surface area contributed by atoms with Crippen molar-refractivity contribution in [2.45, 2.75) is 25.9 Å². The molecule has 2 aromatic rings. The predicted molar refractivity (Wildman–Crippen MR) is 76.6 cm³/mol. The van der Waals surface area contributed by atoms with Crippen LogP contribution in [0.4, 0.5) is 4.39 Å². The van der Waals surface area contributed by atoms with Gasteiger partial charge in [0.25, 0.3) is 0 Å². The van der Waals surface area contributed by atoms with E-state index in [1.807, 2.05) is 35.3 Å². The summed E-state index contributed by atoms with van der Waals surface area (Å²) < 4.78 is 15.6. The zero-order valence-electron chi connectivity index (χ0n) is 11.6. The van der Waals surface area contributed by atoms with E-state index in [-0.39, 0.29) is 5.82 Å². The van der Waals surface area contributed by atoms with Crippen molar-refractivity contribution in [3.63, 3.8) is 0 Å². The van der Waals surface area contributed by atoms with E-state index in [9.17, 15) is 4.39 Å². The lowest BCUT2D eigenvalue weighted by atomic mass is 9.96. The number of aromatic nitrogens is 2. The summed E-state index contributed by atoms with van der Waals surface area (Å²) in [5, 5.41) is 4.26. The SMILES string of the molecule is Fc1ccccc1CN1CCC(Cn2cccn2)CC1. The number of likely N-dealkylation sites (tertiary alicyclic amines) is 1. The fourth-order valence-electron chi connectivity index (χ4n) is 2.87. The molecule has 4 heteroatoms. The second-order valence-corrected chi connectivity index (χ2v) is 5.54. The van der Waals surface area contributed by atoms with Crippen molar-refractivity contribution >= 4 is 0 Å². The van der Waals surface area contributed by atoms with Gasteiger partial charge in [-0.25, -0.2) is 4.39 Å². The molecule has 0 N–H and O–H groups in total. The maximum Gasteiger partial charge on any atom is 0.127 e. The predicted octanol–water partition coefficient (Wildman–Crippen LogP) is 2.93. The molecule has 1 aromatic carbocycles. The molecule has 1 aliphatic heterocycles. The molecule has 0 spiro atoms. The number of nitrogens with zero attached hydrogens (tertiary/aromatic N) is 3. The van der Waals surface area contributed by atoms with E-state index >= 15 is 0 Å². The van der Waals surface area contributed by atoms with Crippen molar-refractivity contribution in [3.05, 3.63) is 54.1 Å². The molecular formula is C16H20FN3. The highest BCUT2D eigenvalue weighted by molar-refractivity contribution is 5.17. The summed E-state index contributed by atoms with van der Waals surface area (Å²) in [5.74, 6) is 0.595. The summed E-state index contributed by atoms with van der Waals surface area (Å²) in [5.41, 5.74) is 0.804. The van der Waals surface area contributed by atoms with E-state index < -0.39 is 0 Å². The quantitative estimate of drug-likeness (QED) is 0.854. The summed E-state index contributed by atoms with van der Waals surface area (Å²) in [7, 11) is 0. The van der Waals surface area contributed by atoms with Gasteiger partial charge >= 0.3 is 0 Å². The van der Waals surface area contributed by atoms with Crippen LogP contribution >= 0.6 is 0 Å². The lowest BCUT2D eigenvalue weighted by molar-refractivity contribution is 0.163. The van der Waals surface area contributed by atoms with Gasteiger partial charge in [0.2, 0.25) is 0 Å². The highest BCUT2D eigenvalue weighted by Crippen LogP contribution is 2.21. The van der Waals surface area contributed by atoms with Crippen LogP contribution < -0.4 is 0 Å². The van der Waals surface area contributed by atoms with Gasteiger partial charge in [-0.15, -0.1) is 0 Å². The van der Waals surface area contributed by atoms with Gasteiger partial charge in [-0.2, -0.15) is 5.10 Å². The second kappa shape index (κ2) is 6.18. The molecule has 1 saturated heterocycles. The third kappa shape index (κ3) is 3.25. The number of benzene rings is 1. The van der Waals surface area contributed by atoms with E-state index in [0.29, 0.717) is 5.92 Å². The first-order valence-corrected chi connectivity index (χ1v) is 7.24. The molecule has 0 radical (unpaired) electrons. The lowest BCUT2D eigenvalue weighted by Crippen LogP contribution is -2.34. The van der Waals surface area contributed by atoms with Crippen LogP contribution in [0.2, 0.25) is 0 Å². The number of rotatable bonds is 4. The molecule has 0 amide bonds. The Hall–Kier alpha value is -1.68. The van der Waals surface area contributed by atoms with Crippen molar-refractivity contribution < 1.29 is 4.39 Å². The Morgan fingerprint density at radius 1 is 1.15 bits per heavy atom. The van der Waals surface area contributed by atoms with Gasteiger partial charge in [0.1, 0.15) is 5.82 Å². The van der Waals surface area contributed by atoms with Crippen LogP contribution in [0, 0.1) is 11.7 Å². The number of hydrogen-bond acceptors (Lipinski definition) is 2. The molecule has 0 bridgehead atoms. The molecule has 106 valence electrons. The molecule has 20 heavy (non-hydrogen) atoms. The molecule has 1 aliphatic rings. The summed E-state index contributed by atoms with van der Waals surface area (Å²) >= 11 is 0. The molecule has 3 rings (SSSR count). The van der Waals surface area contributed by atoms with Crippen LogP contribution in [0.3, 0.4) is 0 Å². The summed E-state index contributed by atoms with van der Waals surface area (Å²) in [4.78, 5) is 2.35. The fraction of sp³-hybridized carbons (Fsp3) is 0.438. The zero-order chi connectivity index (χ0) is 13.8. The number of halogens is 1. The molecule has 3 nitrogen and oxygen atoms in total. The monoisotopic (exact) mass is 273 g/mol. The minimum Gasteiger partial charge on any atom is -0.299 e. The maximum atomic E-state index is 13.6. The average molecular weight is 273 g/mol. The molecule has 0 saturated carbocycles. The molecule has 1 fully saturated rings. The Morgan fingerprint density at radius 2 is 1.95 bits per heavy atom. The Morgan fingerprint density at radius 3 is 2.65 bits per heavy atom. The van der Waals surface area contributed by atoms with Crippen LogP contribution in [0.1, 0.15) is 18.4 Å². The topological polar surface area (TPSA) is 21.1 Å². The van der Waals surface area contributed by atoms with Gasteiger partial charge < -0.3 is 0 Å². The standard InChI is InChI=1S/C16H20FN3/c17-16-5-2-1-4-15(16)13-19-10-6-14(7-11-19)12-20-9-3-8-18-20/h1-5,8-9,14H,6-7,10-13H2. The van der Waals surface area contributed by atoms with E-state index in [2.05, 4.69) is 10.00 Å². The Labute approximate surface area is 119 Å². The summed E-state index contributed by atoms with van der Waals surface area (Å²) in [6.45, 7) is 3.81. The average Bonchev–Trinajstić information content (AvgIpc) is 2.96. The van der Waals surface area contributed by atoms with Crippen molar-refractivity contribution in [1.82, 2.24) is 14.7 Å². The van der Waals surface area contributed by atoms with Gasteiger partial charge in [0, 0.05) is 31.0 Å². The highest BCUT2D eigenvalue weighted by atomic mass is 19.1. The van der Waals surface area contributed by atoms with Gasteiger partial charge in [-0.1, -0.05) is 18.2 Å². The number of hydrogen-bond donors (Lipinski definition) is 0. The zero-order valence-corrected chi connectivity index (χ0v) is 11.6.